The Balaban J connectivity index is 2.30. The van der Waals surface area contributed by atoms with Crippen molar-refractivity contribution in [2.75, 3.05) is 23.8 Å². The van der Waals surface area contributed by atoms with E-state index in [0.717, 1.165) is 12.1 Å². The second-order valence-electron chi connectivity index (χ2n) is 6.69. The van der Waals surface area contributed by atoms with Gasteiger partial charge in [-0.2, -0.15) is 0 Å². The average molecular weight is 440 g/mol. The Kier molecular flexibility index (Phi) is 6.25. The van der Waals surface area contributed by atoms with E-state index in [2.05, 4.69) is 0 Å². The van der Waals surface area contributed by atoms with E-state index >= 15 is 0 Å². The van der Waals surface area contributed by atoms with Crippen molar-refractivity contribution in [1.29, 1.82) is 0 Å². The molecule has 2 aromatic carbocycles. The summed E-state index contributed by atoms with van der Waals surface area (Å²) in [6.07, 6.45) is 0. The van der Waals surface area contributed by atoms with Crippen LogP contribution in [-0.4, -0.2) is 30.0 Å². The zero-order valence-electron chi connectivity index (χ0n) is 16.0. The van der Waals surface area contributed by atoms with Crippen molar-refractivity contribution in [3.8, 4) is 0 Å². The van der Waals surface area contributed by atoms with Crippen LogP contribution in [0.15, 0.2) is 18.2 Å². The molecular weight excluding hydrogens is 420 g/mol. The van der Waals surface area contributed by atoms with Gasteiger partial charge in [-0.3, -0.25) is 9.59 Å². The van der Waals surface area contributed by atoms with Crippen molar-refractivity contribution in [1.82, 2.24) is 0 Å². The fourth-order valence-corrected chi connectivity index (χ4v) is 3.84. The molecule has 0 aliphatic carbocycles. The summed E-state index contributed by atoms with van der Waals surface area (Å²) >= 11 is 6.40. The van der Waals surface area contributed by atoms with E-state index in [9.17, 15) is 23.5 Å². The van der Waals surface area contributed by atoms with E-state index < -0.39 is 35.9 Å². The van der Waals surface area contributed by atoms with Crippen LogP contribution in [0.5, 0.6) is 0 Å². The molecule has 3 rings (SSSR count). The maximum atomic E-state index is 14.5. The SMILES string of the molecule is CCOC(=O)C1CN(c2cc(N)c(F)cc2CO)c2c(cc(F)c(CN)c2Cl)C1=O. The monoisotopic (exact) mass is 439 g/mol. The van der Waals surface area contributed by atoms with Gasteiger partial charge in [0, 0.05) is 35.5 Å². The maximum Gasteiger partial charge on any atom is 0.318 e. The number of Topliss-reactive ketones (excluding diaryl/α,β-unsaturated/α-hetero) is 1. The molecule has 1 heterocycles. The topological polar surface area (TPSA) is 119 Å². The van der Waals surface area contributed by atoms with Crippen LogP contribution < -0.4 is 16.4 Å². The number of anilines is 3. The number of nitrogen functional groups attached to an aromatic ring is 1. The fraction of sp³-hybridized carbons (Fsp3) is 0.300. The number of ether oxygens (including phenoxy) is 1. The summed E-state index contributed by atoms with van der Waals surface area (Å²) in [4.78, 5) is 26.8. The lowest BCUT2D eigenvalue weighted by Crippen LogP contribution is -2.42. The third-order valence-electron chi connectivity index (χ3n) is 4.94. The van der Waals surface area contributed by atoms with Gasteiger partial charge < -0.3 is 26.2 Å². The Morgan fingerprint density at radius 1 is 1.33 bits per heavy atom. The van der Waals surface area contributed by atoms with E-state index in [1.165, 1.54) is 11.0 Å². The number of aliphatic hydroxyl groups excluding tert-OH is 1. The molecule has 0 radical (unpaired) electrons. The van der Waals surface area contributed by atoms with Gasteiger partial charge in [0.25, 0.3) is 0 Å². The number of benzene rings is 2. The number of ketones is 1. The Hall–Kier alpha value is -2.75. The van der Waals surface area contributed by atoms with Gasteiger partial charge in [0.05, 0.1) is 29.6 Å². The molecule has 1 atom stereocenters. The highest BCUT2D eigenvalue weighted by Gasteiger charge is 2.41. The number of hydrogen-bond acceptors (Lipinski definition) is 7. The largest absolute Gasteiger partial charge is 0.465 e. The molecule has 0 saturated heterocycles. The van der Waals surface area contributed by atoms with Crippen LogP contribution in [0.25, 0.3) is 0 Å². The van der Waals surface area contributed by atoms with Crippen LogP contribution in [0.3, 0.4) is 0 Å². The molecule has 0 fully saturated rings. The molecule has 0 aromatic heterocycles. The van der Waals surface area contributed by atoms with Gasteiger partial charge in [-0.15, -0.1) is 0 Å². The van der Waals surface area contributed by atoms with Crippen molar-refractivity contribution >= 4 is 40.4 Å². The molecule has 2 aromatic rings. The highest BCUT2D eigenvalue weighted by molar-refractivity contribution is 6.36. The molecule has 1 aliphatic heterocycles. The van der Waals surface area contributed by atoms with E-state index in [0.29, 0.717) is 0 Å². The zero-order chi connectivity index (χ0) is 22.2. The van der Waals surface area contributed by atoms with Crippen LogP contribution >= 0.6 is 11.6 Å². The number of fused-ring (bicyclic) bond motifs is 1. The highest BCUT2D eigenvalue weighted by atomic mass is 35.5. The predicted octanol–water partition coefficient (Wildman–Crippen LogP) is 2.67. The molecule has 1 unspecified atom stereocenters. The second kappa shape index (κ2) is 8.55. The summed E-state index contributed by atoms with van der Waals surface area (Å²) in [5.74, 6) is -4.27. The van der Waals surface area contributed by atoms with E-state index in [4.69, 9.17) is 27.8 Å². The fourth-order valence-electron chi connectivity index (χ4n) is 3.47. The minimum Gasteiger partial charge on any atom is -0.465 e. The lowest BCUT2D eigenvalue weighted by atomic mass is 9.88. The summed E-state index contributed by atoms with van der Waals surface area (Å²) in [5, 5.41) is 9.62. The first-order valence-corrected chi connectivity index (χ1v) is 9.50. The summed E-state index contributed by atoms with van der Waals surface area (Å²) in [6.45, 7) is 0.615. The number of carbonyl (C=O) groups is 2. The number of nitrogens with two attached hydrogens (primary N) is 2. The molecule has 1 aliphatic rings. The first-order valence-electron chi connectivity index (χ1n) is 9.13. The van der Waals surface area contributed by atoms with Gasteiger partial charge in [0.1, 0.15) is 17.6 Å². The van der Waals surface area contributed by atoms with E-state index in [-0.39, 0.29) is 58.5 Å². The molecule has 7 nitrogen and oxygen atoms in total. The van der Waals surface area contributed by atoms with Gasteiger partial charge in [-0.05, 0) is 25.1 Å². The van der Waals surface area contributed by atoms with Gasteiger partial charge in [-0.1, -0.05) is 11.6 Å². The van der Waals surface area contributed by atoms with Gasteiger partial charge in [0.2, 0.25) is 0 Å². The number of aliphatic hydroxyl groups is 1. The molecular formula is C20H20ClF2N3O4. The number of carbonyl (C=O) groups excluding carboxylic acids is 2. The minimum atomic E-state index is -1.28. The molecule has 0 spiro atoms. The van der Waals surface area contributed by atoms with Crippen molar-refractivity contribution in [2.45, 2.75) is 20.1 Å². The maximum absolute atomic E-state index is 14.5. The van der Waals surface area contributed by atoms with Crippen molar-refractivity contribution in [3.63, 3.8) is 0 Å². The summed E-state index contributed by atoms with van der Waals surface area (Å²) in [5.41, 5.74) is 11.4. The molecule has 10 heteroatoms. The lowest BCUT2D eigenvalue weighted by Gasteiger charge is -2.36. The Morgan fingerprint density at radius 3 is 2.63 bits per heavy atom. The zero-order valence-corrected chi connectivity index (χ0v) is 16.8. The smallest absolute Gasteiger partial charge is 0.318 e. The summed E-state index contributed by atoms with van der Waals surface area (Å²) in [6, 6.07) is 3.27. The third kappa shape index (κ3) is 3.60. The van der Waals surface area contributed by atoms with Crippen LogP contribution in [0, 0.1) is 17.6 Å². The van der Waals surface area contributed by atoms with Crippen molar-refractivity contribution in [3.05, 3.63) is 51.5 Å². The molecule has 0 bridgehead atoms. The van der Waals surface area contributed by atoms with Gasteiger partial charge in [-0.25, -0.2) is 8.78 Å². The first-order chi connectivity index (χ1) is 14.2. The summed E-state index contributed by atoms with van der Waals surface area (Å²) < 4.78 is 33.5. The normalized spacial score (nSPS) is 15.9. The third-order valence-corrected chi connectivity index (χ3v) is 5.35. The van der Waals surface area contributed by atoms with Crippen molar-refractivity contribution < 1.29 is 28.2 Å². The average Bonchev–Trinajstić information content (AvgIpc) is 2.71. The van der Waals surface area contributed by atoms with Gasteiger partial charge in [0.15, 0.2) is 5.78 Å². The Labute approximate surface area is 176 Å². The number of esters is 1. The molecule has 5 N–H and O–H groups in total. The quantitative estimate of drug-likeness (QED) is 0.372. The van der Waals surface area contributed by atoms with Gasteiger partial charge >= 0.3 is 5.97 Å². The van der Waals surface area contributed by atoms with Crippen LogP contribution in [0.1, 0.15) is 28.4 Å². The minimum absolute atomic E-state index is 0.0246. The predicted molar refractivity (Wildman–Crippen MR) is 107 cm³/mol. The highest BCUT2D eigenvalue weighted by Crippen LogP contribution is 2.44. The van der Waals surface area contributed by atoms with Crippen LogP contribution in [0.4, 0.5) is 25.8 Å². The van der Waals surface area contributed by atoms with E-state index in [1.807, 2.05) is 0 Å². The van der Waals surface area contributed by atoms with Crippen LogP contribution in [0.2, 0.25) is 5.02 Å². The second-order valence-corrected chi connectivity index (χ2v) is 7.07. The van der Waals surface area contributed by atoms with Crippen LogP contribution in [-0.2, 0) is 22.7 Å². The van der Waals surface area contributed by atoms with E-state index in [1.54, 1.807) is 6.92 Å². The number of hydrogen-bond donors (Lipinski definition) is 3. The van der Waals surface area contributed by atoms with Crippen molar-refractivity contribution in [2.24, 2.45) is 11.7 Å². The molecule has 30 heavy (non-hydrogen) atoms. The lowest BCUT2D eigenvalue weighted by molar-refractivity contribution is -0.145. The summed E-state index contributed by atoms with van der Waals surface area (Å²) in [7, 11) is 0. The molecule has 0 amide bonds. The first kappa shape index (κ1) is 21.9. The number of nitrogens with zero attached hydrogens (tertiary/aromatic N) is 1. The number of rotatable bonds is 5. The Bertz CT molecular complexity index is 1030. The number of halogens is 3. The Morgan fingerprint density at radius 2 is 2.03 bits per heavy atom. The molecule has 0 saturated carbocycles. The standard InChI is InChI=1S/C20H20ClF2N3O4/c1-2-30-20(29)12-7-26(16-5-15(25)14(23)3-9(16)8-27)18-10(19(12)28)4-13(22)11(6-24)17(18)21/h3-5,12,27H,2,6-8,24-25H2,1H3. The molecule has 160 valence electrons.